The van der Waals surface area contributed by atoms with Gasteiger partial charge in [-0.3, -0.25) is 0 Å². The van der Waals surface area contributed by atoms with Crippen LogP contribution in [0.5, 0.6) is 0 Å². The van der Waals surface area contributed by atoms with E-state index in [1.165, 1.54) is 32.4 Å². The van der Waals surface area contributed by atoms with E-state index >= 15 is 0 Å². The second kappa shape index (κ2) is 5.98. The monoisotopic (exact) mass is 294 g/mol. The highest BCUT2D eigenvalue weighted by Gasteiger charge is 2.40. The molecule has 1 aromatic heterocycles. The molecule has 0 spiro atoms. The highest BCUT2D eigenvalue weighted by atomic mass is 32.1. The summed E-state index contributed by atoms with van der Waals surface area (Å²) in [4.78, 5) is 2.66. The largest absolute Gasteiger partial charge is 0.357 e. The third-order valence-electron chi connectivity index (χ3n) is 4.89. The summed E-state index contributed by atoms with van der Waals surface area (Å²) in [5, 5.41) is 14.4. The number of rotatable bonds is 4. The maximum atomic E-state index is 4.31. The average Bonchev–Trinajstić information content (AvgIpc) is 2.85. The maximum Gasteiger partial charge on any atom is 0.205 e. The van der Waals surface area contributed by atoms with Crippen molar-refractivity contribution in [3.63, 3.8) is 0 Å². The lowest BCUT2D eigenvalue weighted by Crippen LogP contribution is -2.56. The van der Waals surface area contributed by atoms with E-state index in [2.05, 4.69) is 41.2 Å². The van der Waals surface area contributed by atoms with Crippen LogP contribution in [0.15, 0.2) is 0 Å². The third kappa shape index (κ3) is 2.84. The molecule has 112 valence electrons. The normalized spacial score (nSPS) is 30.7. The summed E-state index contributed by atoms with van der Waals surface area (Å²) in [5.74, 6) is 1.55. The summed E-state index contributed by atoms with van der Waals surface area (Å²) in [7, 11) is 0. The Kier molecular flexibility index (Phi) is 4.26. The summed E-state index contributed by atoms with van der Waals surface area (Å²) in [6, 6.07) is 1.28. The molecule has 0 amide bonds. The van der Waals surface area contributed by atoms with E-state index < -0.39 is 0 Å². The Morgan fingerprint density at radius 1 is 1.25 bits per heavy atom. The summed E-state index contributed by atoms with van der Waals surface area (Å²) < 4.78 is 0. The molecule has 4 nitrogen and oxygen atoms in total. The van der Waals surface area contributed by atoms with Crippen LogP contribution in [0.3, 0.4) is 0 Å². The molecular formula is C15H26N4S. The van der Waals surface area contributed by atoms with Crippen LogP contribution in [0.1, 0.15) is 45.0 Å². The maximum absolute atomic E-state index is 4.31. The van der Waals surface area contributed by atoms with Gasteiger partial charge in [0.2, 0.25) is 5.13 Å². The minimum atomic E-state index is 0.608. The molecule has 1 N–H and O–H groups in total. The van der Waals surface area contributed by atoms with E-state index in [1.807, 2.05) is 0 Å². The minimum absolute atomic E-state index is 0.608. The number of likely N-dealkylation sites (tertiary alicyclic amines) is 1. The van der Waals surface area contributed by atoms with Crippen molar-refractivity contribution in [2.24, 2.45) is 11.8 Å². The Morgan fingerprint density at radius 3 is 2.50 bits per heavy atom. The number of hydrogen-bond donors (Lipinski definition) is 1. The molecule has 2 aliphatic rings. The van der Waals surface area contributed by atoms with Gasteiger partial charge in [0.15, 0.2) is 0 Å². The third-order valence-corrected chi connectivity index (χ3v) is 5.89. The number of nitrogens with zero attached hydrogens (tertiary/aromatic N) is 3. The Labute approximate surface area is 126 Å². The molecule has 1 aromatic rings. The molecule has 0 radical (unpaired) electrons. The first-order valence-corrected chi connectivity index (χ1v) is 8.82. The van der Waals surface area contributed by atoms with Gasteiger partial charge in [0, 0.05) is 25.2 Å². The van der Waals surface area contributed by atoms with Crippen molar-refractivity contribution in [2.45, 2.75) is 58.5 Å². The van der Waals surface area contributed by atoms with Crippen molar-refractivity contribution in [1.29, 1.82) is 0 Å². The number of hydrogen-bond acceptors (Lipinski definition) is 5. The smallest absolute Gasteiger partial charge is 0.205 e. The summed E-state index contributed by atoms with van der Waals surface area (Å²) in [6.45, 7) is 9.26. The molecule has 3 rings (SSSR count). The van der Waals surface area contributed by atoms with Gasteiger partial charge in [-0.05, 0) is 44.9 Å². The van der Waals surface area contributed by atoms with Crippen LogP contribution in [-0.4, -0.2) is 40.3 Å². The lowest BCUT2D eigenvalue weighted by molar-refractivity contribution is 0.0518. The van der Waals surface area contributed by atoms with Crippen LogP contribution in [0.2, 0.25) is 0 Å². The van der Waals surface area contributed by atoms with Gasteiger partial charge in [0.05, 0.1) is 0 Å². The van der Waals surface area contributed by atoms with Crippen LogP contribution in [0.4, 0.5) is 5.13 Å². The van der Waals surface area contributed by atoms with Gasteiger partial charge >= 0.3 is 0 Å². The Balaban J connectivity index is 1.70. The predicted octanol–water partition coefficient (Wildman–Crippen LogP) is 3.02. The average molecular weight is 294 g/mol. The van der Waals surface area contributed by atoms with E-state index in [-0.39, 0.29) is 0 Å². The van der Waals surface area contributed by atoms with Gasteiger partial charge < -0.3 is 10.2 Å². The summed E-state index contributed by atoms with van der Waals surface area (Å²) in [5.41, 5.74) is 0. The number of fused-ring (bicyclic) bond motifs is 2. The van der Waals surface area contributed by atoms with Gasteiger partial charge in [-0.25, -0.2) is 0 Å². The highest BCUT2D eigenvalue weighted by Crippen LogP contribution is 2.37. The number of aryl methyl sites for hydroxylation is 1. The first kappa shape index (κ1) is 14.3. The molecule has 1 aliphatic heterocycles. The van der Waals surface area contributed by atoms with E-state index in [0.717, 1.165) is 28.4 Å². The van der Waals surface area contributed by atoms with Crippen molar-refractivity contribution in [3.8, 4) is 0 Å². The SMILES string of the molecule is CCc1nnc(NC2C3CCCC2CN(C(C)C)C3)s1. The molecule has 2 unspecified atom stereocenters. The molecule has 5 heteroatoms. The molecule has 1 saturated heterocycles. The molecule has 0 aromatic carbocycles. The standard InChI is InChI=1S/C15H26N4S/c1-4-13-17-18-15(20-13)16-14-11-6-5-7-12(14)9-19(8-11)10(2)3/h10-12,14H,4-9H2,1-3H3,(H,16,18). The zero-order chi connectivity index (χ0) is 14.1. The van der Waals surface area contributed by atoms with Crippen molar-refractivity contribution < 1.29 is 0 Å². The van der Waals surface area contributed by atoms with Gasteiger partial charge in [-0.2, -0.15) is 0 Å². The van der Waals surface area contributed by atoms with Crippen molar-refractivity contribution in [1.82, 2.24) is 15.1 Å². The molecular weight excluding hydrogens is 268 g/mol. The van der Waals surface area contributed by atoms with Crippen molar-refractivity contribution in [3.05, 3.63) is 5.01 Å². The van der Waals surface area contributed by atoms with E-state index in [4.69, 9.17) is 0 Å². The quantitative estimate of drug-likeness (QED) is 0.927. The summed E-state index contributed by atoms with van der Waals surface area (Å²) >= 11 is 1.73. The van der Waals surface area contributed by atoms with Crippen molar-refractivity contribution >= 4 is 16.5 Å². The second-order valence-electron chi connectivity index (χ2n) is 6.52. The molecule has 2 heterocycles. The van der Waals surface area contributed by atoms with E-state index in [9.17, 15) is 0 Å². The molecule has 1 saturated carbocycles. The van der Waals surface area contributed by atoms with Crippen molar-refractivity contribution in [2.75, 3.05) is 18.4 Å². The Hall–Kier alpha value is -0.680. The number of aromatic nitrogens is 2. The van der Waals surface area contributed by atoms with Crippen LogP contribution in [0, 0.1) is 11.8 Å². The van der Waals surface area contributed by atoms with Gasteiger partial charge in [-0.15, -0.1) is 10.2 Å². The molecule has 2 atom stereocenters. The number of piperidine rings is 1. The van der Waals surface area contributed by atoms with Gasteiger partial charge in [-0.1, -0.05) is 24.7 Å². The topological polar surface area (TPSA) is 41.1 Å². The Morgan fingerprint density at radius 2 is 1.95 bits per heavy atom. The van der Waals surface area contributed by atoms with E-state index in [1.54, 1.807) is 11.3 Å². The van der Waals surface area contributed by atoms with Crippen LogP contribution >= 0.6 is 11.3 Å². The first-order chi connectivity index (χ1) is 9.67. The Bertz CT molecular complexity index is 431. The molecule has 2 fully saturated rings. The fourth-order valence-corrected chi connectivity index (χ4v) is 4.45. The zero-order valence-corrected chi connectivity index (χ0v) is 13.6. The molecule has 1 aliphatic carbocycles. The van der Waals surface area contributed by atoms with Crippen LogP contribution < -0.4 is 5.32 Å². The fraction of sp³-hybridized carbons (Fsp3) is 0.867. The highest BCUT2D eigenvalue weighted by molar-refractivity contribution is 7.15. The fourth-order valence-electron chi connectivity index (χ4n) is 3.73. The van der Waals surface area contributed by atoms with Crippen LogP contribution in [-0.2, 0) is 6.42 Å². The predicted molar refractivity (Wildman–Crippen MR) is 84.2 cm³/mol. The summed E-state index contributed by atoms with van der Waals surface area (Å²) in [6.07, 6.45) is 5.10. The van der Waals surface area contributed by atoms with E-state index in [0.29, 0.717) is 12.1 Å². The number of nitrogens with one attached hydrogen (secondary N) is 1. The zero-order valence-electron chi connectivity index (χ0n) is 12.8. The lowest BCUT2D eigenvalue weighted by atomic mass is 9.73. The lowest BCUT2D eigenvalue weighted by Gasteiger charge is -2.48. The number of anilines is 1. The van der Waals surface area contributed by atoms with Gasteiger partial charge in [0.1, 0.15) is 5.01 Å². The minimum Gasteiger partial charge on any atom is -0.357 e. The van der Waals surface area contributed by atoms with Crippen LogP contribution in [0.25, 0.3) is 0 Å². The molecule has 20 heavy (non-hydrogen) atoms. The second-order valence-corrected chi connectivity index (χ2v) is 7.59. The molecule has 2 bridgehead atoms. The first-order valence-electron chi connectivity index (χ1n) is 8.00. The van der Waals surface area contributed by atoms with Gasteiger partial charge in [0.25, 0.3) is 0 Å².